The van der Waals surface area contributed by atoms with Gasteiger partial charge in [-0.15, -0.1) is 0 Å². The van der Waals surface area contributed by atoms with Gasteiger partial charge in [-0.2, -0.15) is 0 Å². The molecule has 1 saturated carbocycles. The van der Waals surface area contributed by atoms with Crippen LogP contribution in [0.3, 0.4) is 0 Å². The number of hydrogen-bond donors (Lipinski definition) is 0. The molecule has 2 unspecified atom stereocenters. The first-order valence-corrected chi connectivity index (χ1v) is 19.3. The summed E-state index contributed by atoms with van der Waals surface area (Å²) in [6.45, 7) is 33.7. The summed E-state index contributed by atoms with van der Waals surface area (Å²) in [5.41, 5.74) is 11.4. The molecular weight excluding hydrogens is 573 g/mol. The molecule has 0 amide bonds. The summed E-state index contributed by atoms with van der Waals surface area (Å²) >= 11 is 0. The Bertz CT molecular complexity index is 1350. The summed E-state index contributed by atoms with van der Waals surface area (Å²) in [6, 6.07) is 22.4. The molecule has 252 valence electrons. The predicted molar refractivity (Wildman–Crippen MR) is 207 cm³/mol. The van der Waals surface area contributed by atoms with E-state index in [4.69, 9.17) is 0 Å². The zero-order valence-electron chi connectivity index (χ0n) is 32.4. The van der Waals surface area contributed by atoms with Crippen molar-refractivity contribution in [3.63, 3.8) is 0 Å². The van der Waals surface area contributed by atoms with Crippen LogP contribution in [0.2, 0.25) is 0 Å². The van der Waals surface area contributed by atoms with Crippen molar-refractivity contribution in [3.05, 3.63) is 93.5 Å². The van der Waals surface area contributed by atoms with E-state index < -0.39 is 7.92 Å². The molecule has 46 heavy (non-hydrogen) atoms. The van der Waals surface area contributed by atoms with Crippen molar-refractivity contribution in [2.75, 3.05) is 14.1 Å². The predicted octanol–water partition coefficient (Wildman–Crippen LogP) is 11.4. The lowest BCUT2D eigenvalue weighted by molar-refractivity contribution is 0.217. The van der Waals surface area contributed by atoms with Crippen molar-refractivity contribution in [1.82, 2.24) is 4.90 Å². The molecule has 3 atom stereocenters. The summed E-state index contributed by atoms with van der Waals surface area (Å²) < 4.78 is 0. The van der Waals surface area contributed by atoms with Crippen molar-refractivity contribution in [1.29, 1.82) is 0 Å². The van der Waals surface area contributed by atoms with Crippen LogP contribution in [0.15, 0.2) is 54.6 Å². The van der Waals surface area contributed by atoms with E-state index in [-0.39, 0.29) is 21.7 Å². The first-order valence-electron chi connectivity index (χ1n) is 17.8. The number of hydrogen-bond acceptors (Lipinski definition) is 1. The molecule has 3 aromatic carbocycles. The Kier molecular flexibility index (Phi) is 10.6. The van der Waals surface area contributed by atoms with E-state index >= 15 is 0 Å². The fourth-order valence-corrected chi connectivity index (χ4v) is 11.8. The third kappa shape index (κ3) is 7.68. The highest BCUT2D eigenvalue weighted by Gasteiger charge is 2.42. The quantitative estimate of drug-likeness (QED) is 0.243. The highest BCUT2D eigenvalue weighted by Crippen LogP contribution is 2.56. The second-order valence-corrected chi connectivity index (χ2v) is 21.1. The molecule has 0 aromatic heterocycles. The molecule has 3 aromatic rings. The normalized spacial score (nSPS) is 18.9. The van der Waals surface area contributed by atoms with E-state index in [1.54, 1.807) is 10.6 Å². The second kappa shape index (κ2) is 13.2. The maximum absolute atomic E-state index is 2.66. The molecule has 0 spiro atoms. The van der Waals surface area contributed by atoms with Crippen molar-refractivity contribution < 1.29 is 0 Å². The van der Waals surface area contributed by atoms with Gasteiger partial charge in [0.1, 0.15) is 0 Å². The van der Waals surface area contributed by atoms with Crippen molar-refractivity contribution in [2.45, 2.75) is 150 Å². The fourth-order valence-electron chi connectivity index (χ4n) is 8.56. The van der Waals surface area contributed by atoms with Crippen LogP contribution in [-0.2, 0) is 21.7 Å². The number of benzene rings is 3. The Morgan fingerprint density at radius 1 is 0.587 bits per heavy atom. The van der Waals surface area contributed by atoms with Crippen molar-refractivity contribution >= 4 is 18.5 Å². The number of rotatable bonds is 6. The maximum atomic E-state index is 2.66. The van der Waals surface area contributed by atoms with Gasteiger partial charge < -0.3 is 4.90 Å². The highest BCUT2D eigenvalue weighted by molar-refractivity contribution is 7.73. The molecule has 4 rings (SSSR count). The van der Waals surface area contributed by atoms with Gasteiger partial charge in [-0.1, -0.05) is 144 Å². The zero-order valence-corrected chi connectivity index (χ0v) is 33.3. The Balaban J connectivity index is 2.11. The minimum absolute atomic E-state index is 0.0762. The molecule has 2 heteroatoms. The van der Waals surface area contributed by atoms with Crippen LogP contribution >= 0.6 is 7.92 Å². The first-order chi connectivity index (χ1) is 21.0. The van der Waals surface area contributed by atoms with E-state index in [0.717, 1.165) is 0 Å². The Morgan fingerprint density at radius 3 is 1.28 bits per heavy atom. The molecule has 1 fully saturated rings. The van der Waals surface area contributed by atoms with Crippen LogP contribution < -0.4 is 10.6 Å². The van der Waals surface area contributed by atoms with E-state index in [2.05, 4.69) is 171 Å². The summed E-state index contributed by atoms with van der Waals surface area (Å²) in [6.07, 6.45) is 3.88. The van der Waals surface area contributed by atoms with Crippen LogP contribution in [0, 0.1) is 19.8 Å². The van der Waals surface area contributed by atoms with Gasteiger partial charge in [0.25, 0.3) is 0 Å². The summed E-state index contributed by atoms with van der Waals surface area (Å²) in [7, 11) is 3.96. The van der Waals surface area contributed by atoms with Gasteiger partial charge in [0.05, 0.1) is 0 Å². The van der Waals surface area contributed by atoms with Crippen LogP contribution in [0.1, 0.15) is 147 Å². The molecule has 0 N–H and O–H groups in total. The van der Waals surface area contributed by atoms with Gasteiger partial charge in [-0.3, -0.25) is 0 Å². The maximum Gasteiger partial charge on any atom is 0.0376 e. The van der Waals surface area contributed by atoms with E-state index in [1.165, 1.54) is 58.2 Å². The number of nitrogens with zero attached hydrogens (tertiary/aromatic N) is 1. The average Bonchev–Trinajstić information content (AvgIpc) is 3.36. The molecule has 1 aliphatic carbocycles. The van der Waals surface area contributed by atoms with Crippen LogP contribution in [0.25, 0.3) is 0 Å². The monoisotopic (exact) mass is 639 g/mol. The lowest BCUT2D eigenvalue weighted by Crippen LogP contribution is -2.35. The van der Waals surface area contributed by atoms with Gasteiger partial charge in [-0.05, 0) is 131 Å². The third-order valence-electron chi connectivity index (χ3n) is 10.5. The minimum Gasteiger partial charge on any atom is -0.302 e. The Morgan fingerprint density at radius 2 is 0.957 bits per heavy atom. The molecule has 1 nitrogen and oxygen atoms in total. The second-order valence-electron chi connectivity index (χ2n) is 18.7. The Labute approximate surface area is 285 Å². The van der Waals surface area contributed by atoms with Crippen LogP contribution in [-0.4, -0.2) is 24.7 Å². The topological polar surface area (TPSA) is 3.24 Å². The lowest BCUT2D eigenvalue weighted by Gasteiger charge is -2.40. The molecule has 0 heterocycles. The standard InChI is InChI=1S/C44H66NP/c1-29-35(41(3,4)5)25-32(26-36(29)42(6,7)8)46(33-27-37(43(9,10)11)30(2)38(28-33)44(12,13)14)39-24-20-23-34(39)40(45(15)16)31-21-18-17-19-22-31/h17-19,21-22,25-28,34,39-40H,20,23-24H2,1-16H3/t34?,39?,40-/m1/s1. The van der Waals surface area contributed by atoms with E-state index in [1.807, 2.05) is 0 Å². The lowest BCUT2D eigenvalue weighted by atomic mass is 9.77. The van der Waals surface area contributed by atoms with Crippen LogP contribution in [0.4, 0.5) is 0 Å². The molecular formula is C44H66NP. The Hall–Kier alpha value is -1.95. The van der Waals surface area contributed by atoms with Gasteiger partial charge in [-0.25, -0.2) is 0 Å². The molecule has 0 radical (unpaired) electrons. The highest BCUT2D eigenvalue weighted by atomic mass is 31.1. The largest absolute Gasteiger partial charge is 0.302 e. The van der Waals surface area contributed by atoms with Gasteiger partial charge >= 0.3 is 0 Å². The van der Waals surface area contributed by atoms with Gasteiger partial charge in [0.2, 0.25) is 0 Å². The van der Waals surface area contributed by atoms with Crippen molar-refractivity contribution in [2.24, 2.45) is 5.92 Å². The van der Waals surface area contributed by atoms with Crippen LogP contribution in [0.5, 0.6) is 0 Å². The van der Waals surface area contributed by atoms with Gasteiger partial charge in [0.15, 0.2) is 0 Å². The summed E-state index contributed by atoms with van der Waals surface area (Å²) in [4.78, 5) is 2.51. The molecule has 0 bridgehead atoms. The fraction of sp³-hybridized carbons (Fsp3) is 0.591. The average molecular weight is 640 g/mol. The van der Waals surface area contributed by atoms with Crippen molar-refractivity contribution in [3.8, 4) is 0 Å². The third-order valence-corrected chi connectivity index (χ3v) is 13.5. The molecule has 1 aliphatic rings. The summed E-state index contributed by atoms with van der Waals surface area (Å²) in [5.74, 6) is 0.596. The van der Waals surface area contributed by atoms with E-state index in [9.17, 15) is 0 Å². The van der Waals surface area contributed by atoms with E-state index in [0.29, 0.717) is 17.6 Å². The SMILES string of the molecule is Cc1c(C(C)(C)C)cc(P(c2cc(C(C)(C)C)c(C)c(C(C)(C)C)c2)C2CCCC2[C@@H](c2ccccc2)N(C)C)cc1C(C)(C)C. The smallest absolute Gasteiger partial charge is 0.0376 e. The molecule has 0 aliphatic heterocycles. The zero-order chi connectivity index (χ0) is 34.6. The first kappa shape index (κ1) is 36.9. The minimum atomic E-state index is -0.644. The van der Waals surface area contributed by atoms with Gasteiger partial charge in [0, 0.05) is 6.04 Å². The molecule has 0 saturated heterocycles. The summed E-state index contributed by atoms with van der Waals surface area (Å²) in [5, 5.41) is 3.17.